The number of anilines is 1. The van der Waals surface area contributed by atoms with Crippen LogP contribution in [-0.4, -0.2) is 26.8 Å². The summed E-state index contributed by atoms with van der Waals surface area (Å²) in [6, 6.07) is 16.2. The van der Waals surface area contributed by atoms with E-state index in [1.54, 1.807) is 18.2 Å². The molecule has 7 heteroatoms. The quantitative estimate of drug-likeness (QED) is 0.881. The van der Waals surface area contributed by atoms with Gasteiger partial charge >= 0.3 is 10.2 Å². The highest BCUT2D eigenvalue weighted by atomic mass is 32.2. The Hall–Kier alpha value is -2.56. The average Bonchev–Trinajstić information content (AvgIpc) is 2.53. The molecule has 1 N–H and O–H groups in total. The Bertz CT molecular complexity index is 812. The van der Waals surface area contributed by atoms with E-state index in [0.29, 0.717) is 5.75 Å². The Kier molecular flexibility index (Phi) is 5.21. The van der Waals surface area contributed by atoms with Gasteiger partial charge in [0, 0.05) is 14.1 Å². The Balaban J connectivity index is 2.20. The molecule has 0 bridgehead atoms. The zero-order valence-electron chi connectivity index (χ0n) is 12.9. The van der Waals surface area contributed by atoms with E-state index in [9.17, 15) is 8.42 Å². The third-order valence-electron chi connectivity index (χ3n) is 3.07. The lowest BCUT2D eigenvalue weighted by Crippen LogP contribution is -2.29. The Labute approximate surface area is 136 Å². The van der Waals surface area contributed by atoms with Crippen LogP contribution in [0.3, 0.4) is 0 Å². The number of nitriles is 1. The van der Waals surface area contributed by atoms with Gasteiger partial charge in [0.25, 0.3) is 0 Å². The van der Waals surface area contributed by atoms with Crippen LogP contribution in [0.5, 0.6) is 5.75 Å². The van der Waals surface area contributed by atoms with E-state index in [1.165, 1.54) is 14.1 Å². The molecule has 0 unspecified atom stereocenters. The summed E-state index contributed by atoms with van der Waals surface area (Å²) < 4.78 is 32.9. The lowest BCUT2D eigenvalue weighted by atomic mass is 10.1. The molecule has 2 rings (SSSR count). The third kappa shape index (κ3) is 4.45. The molecule has 23 heavy (non-hydrogen) atoms. The van der Waals surface area contributed by atoms with Crippen molar-refractivity contribution in [3.05, 3.63) is 59.7 Å². The molecule has 2 aromatic rings. The number of para-hydroxylation sites is 1. The average molecular weight is 331 g/mol. The van der Waals surface area contributed by atoms with Crippen molar-refractivity contribution in [3.8, 4) is 11.8 Å². The minimum Gasteiger partial charge on any atom is -0.489 e. The molecule has 2 aromatic carbocycles. The lowest BCUT2D eigenvalue weighted by molar-refractivity contribution is 0.306. The molecule has 0 aliphatic carbocycles. The summed E-state index contributed by atoms with van der Waals surface area (Å²) in [6.45, 7) is 0.270. The van der Waals surface area contributed by atoms with Crippen LogP contribution in [0, 0.1) is 11.3 Å². The highest BCUT2D eigenvalue weighted by Crippen LogP contribution is 2.20. The molecule has 0 aliphatic heterocycles. The SMILES string of the molecule is CN(C)S(=O)(=O)Nc1cc(COc2ccccc2)ccc1C#N. The Morgan fingerprint density at radius 1 is 1.17 bits per heavy atom. The van der Waals surface area contributed by atoms with Crippen LogP contribution in [0.15, 0.2) is 48.5 Å². The van der Waals surface area contributed by atoms with Crippen molar-refractivity contribution in [1.82, 2.24) is 4.31 Å². The van der Waals surface area contributed by atoms with E-state index >= 15 is 0 Å². The third-order valence-corrected chi connectivity index (χ3v) is 4.51. The molecule has 0 heterocycles. The first kappa shape index (κ1) is 16.8. The van der Waals surface area contributed by atoms with E-state index in [1.807, 2.05) is 36.4 Å². The number of nitrogens with zero attached hydrogens (tertiary/aromatic N) is 2. The topological polar surface area (TPSA) is 82.4 Å². The van der Waals surface area contributed by atoms with Crippen LogP contribution < -0.4 is 9.46 Å². The second kappa shape index (κ2) is 7.13. The molecule has 0 saturated carbocycles. The minimum absolute atomic E-state index is 0.232. The fraction of sp³-hybridized carbons (Fsp3) is 0.188. The maximum absolute atomic E-state index is 11.9. The van der Waals surface area contributed by atoms with Crippen molar-refractivity contribution >= 4 is 15.9 Å². The van der Waals surface area contributed by atoms with E-state index in [4.69, 9.17) is 10.00 Å². The summed E-state index contributed by atoms with van der Waals surface area (Å²) in [6.07, 6.45) is 0. The molecule has 0 fully saturated rings. The second-order valence-electron chi connectivity index (χ2n) is 4.98. The molecule has 0 atom stereocenters. The molecule has 0 saturated heterocycles. The van der Waals surface area contributed by atoms with E-state index in [0.717, 1.165) is 9.87 Å². The fourth-order valence-corrected chi connectivity index (χ4v) is 2.41. The second-order valence-corrected chi connectivity index (χ2v) is 6.87. The predicted octanol–water partition coefficient (Wildman–Crippen LogP) is 2.36. The molecule has 0 spiro atoms. The van der Waals surface area contributed by atoms with Crippen LogP contribution in [0.1, 0.15) is 11.1 Å². The highest BCUT2D eigenvalue weighted by Gasteiger charge is 2.15. The van der Waals surface area contributed by atoms with Gasteiger partial charge in [-0.2, -0.15) is 18.0 Å². The van der Waals surface area contributed by atoms with Gasteiger partial charge in [0.15, 0.2) is 0 Å². The lowest BCUT2D eigenvalue weighted by Gasteiger charge is -2.15. The molecular formula is C16H17N3O3S. The standard InChI is InChI=1S/C16H17N3O3S/c1-19(2)23(20,21)18-16-10-13(8-9-14(16)11-17)12-22-15-6-4-3-5-7-15/h3-10,18H,12H2,1-2H3. The van der Waals surface area contributed by atoms with Crippen molar-refractivity contribution in [1.29, 1.82) is 5.26 Å². The smallest absolute Gasteiger partial charge is 0.301 e. The zero-order valence-corrected chi connectivity index (χ0v) is 13.7. The normalized spacial score (nSPS) is 11.0. The molecule has 0 aliphatic rings. The summed E-state index contributed by atoms with van der Waals surface area (Å²) in [7, 11) is -0.849. The van der Waals surface area contributed by atoms with Gasteiger partial charge in [-0.3, -0.25) is 4.72 Å². The Morgan fingerprint density at radius 3 is 2.48 bits per heavy atom. The largest absolute Gasteiger partial charge is 0.489 e. The minimum atomic E-state index is -3.68. The summed E-state index contributed by atoms with van der Waals surface area (Å²) in [5.41, 5.74) is 1.23. The van der Waals surface area contributed by atoms with Crippen molar-refractivity contribution in [2.45, 2.75) is 6.61 Å². The van der Waals surface area contributed by atoms with Crippen LogP contribution in [0.4, 0.5) is 5.69 Å². The molecule has 0 amide bonds. The molecule has 0 aromatic heterocycles. The number of hydrogen-bond donors (Lipinski definition) is 1. The van der Waals surface area contributed by atoms with E-state index in [-0.39, 0.29) is 17.9 Å². The van der Waals surface area contributed by atoms with Crippen LogP contribution in [0.2, 0.25) is 0 Å². The van der Waals surface area contributed by atoms with Gasteiger partial charge in [0.1, 0.15) is 18.4 Å². The molecule has 120 valence electrons. The number of rotatable bonds is 6. The van der Waals surface area contributed by atoms with E-state index < -0.39 is 10.2 Å². The van der Waals surface area contributed by atoms with Crippen molar-refractivity contribution in [3.63, 3.8) is 0 Å². The molecule has 6 nitrogen and oxygen atoms in total. The number of hydrogen-bond acceptors (Lipinski definition) is 4. The van der Waals surface area contributed by atoms with Crippen molar-refractivity contribution in [2.24, 2.45) is 0 Å². The summed E-state index contributed by atoms with van der Waals surface area (Å²) in [5.74, 6) is 0.715. The number of ether oxygens (including phenoxy) is 1. The van der Waals surface area contributed by atoms with Gasteiger partial charge in [-0.05, 0) is 29.8 Å². The predicted molar refractivity (Wildman–Crippen MR) is 88.2 cm³/mol. The van der Waals surface area contributed by atoms with E-state index in [2.05, 4.69) is 4.72 Å². The van der Waals surface area contributed by atoms with Crippen LogP contribution in [0.25, 0.3) is 0 Å². The van der Waals surface area contributed by atoms with Crippen molar-refractivity contribution in [2.75, 3.05) is 18.8 Å². The van der Waals surface area contributed by atoms with Crippen molar-refractivity contribution < 1.29 is 13.2 Å². The van der Waals surface area contributed by atoms with Gasteiger partial charge in [-0.15, -0.1) is 0 Å². The first-order valence-electron chi connectivity index (χ1n) is 6.83. The summed E-state index contributed by atoms with van der Waals surface area (Å²) >= 11 is 0. The van der Waals surface area contributed by atoms with Gasteiger partial charge < -0.3 is 4.74 Å². The van der Waals surface area contributed by atoms with Gasteiger partial charge in [0.2, 0.25) is 0 Å². The Morgan fingerprint density at radius 2 is 1.87 bits per heavy atom. The van der Waals surface area contributed by atoms with Crippen LogP contribution >= 0.6 is 0 Å². The van der Waals surface area contributed by atoms with Gasteiger partial charge in [-0.25, -0.2) is 0 Å². The van der Waals surface area contributed by atoms with Crippen LogP contribution in [-0.2, 0) is 16.8 Å². The highest BCUT2D eigenvalue weighted by molar-refractivity contribution is 7.90. The first-order chi connectivity index (χ1) is 10.9. The maximum atomic E-state index is 11.9. The van der Waals surface area contributed by atoms with Gasteiger partial charge in [-0.1, -0.05) is 24.3 Å². The summed E-state index contributed by atoms with van der Waals surface area (Å²) in [4.78, 5) is 0. The molecular weight excluding hydrogens is 314 g/mol. The number of nitrogens with one attached hydrogen (secondary N) is 1. The molecule has 0 radical (unpaired) electrons. The zero-order chi connectivity index (χ0) is 16.9. The maximum Gasteiger partial charge on any atom is 0.301 e. The number of benzene rings is 2. The first-order valence-corrected chi connectivity index (χ1v) is 8.27. The van der Waals surface area contributed by atoms with Gasteiger partial charge in [0.05, 0.1) is 11.3 Å². The fourth-order valence-electron chi connectivity index (χ4n) is 1.78. The summed E-state index contributed by atoms with van der Waals surface area (Å²) in [5, 5.41) is 9.12. The monoisotopic (exact) mass is 331 g/mol.